The molecule has 3 N–H and O–H groups in total. The number of benzene rings is 1. The lowest BCUT2D eigenvalue weighted by molar-refractivity contribution is -0.145. The summed E-state index contributed by atoms with van der Waals surface area (Å²) < 4.78 is 11.3. The molecule has 7 nitrogen and oxygen atoms in total. The Kier molecular flexibility index (Phi) is 7.52. The number of carbonyl (C=O) groups excluding carboxylic acids is 1. The first-order valence-corrected chi connectivity index (χ1v) is 10.2. The Hall–Kier alpha value is -2.28. The third-order valence-electron chi connectivity index (χ3n) is 4.95. The number of aryl methyl sites for hydroxylation is 1. The molecule has 1 aliphatic rings. The molecule has 2 rings (SSSR count). The predicted octanol–water partition coefficient (Wildman–Crippen LogP) is 3.15. The zero-order valence-corrected chi connectivity index (χ0v) is 18.1. The van der Waals surface area contributed by atoms with Crippen molar-refractivity contribution in [1.29, 1.82) is 0 Å². The molecule has 1 unspecified atom stereocenters. The Morgan fingerprint density at radius 3 is 2.66 bits per heavy atom. The zero-order valence-electron chi connectivity index (χ0n) is 18.1. The number of hydrogen-bond acceptors (Lipinski definition) is 5. The van der Waals surface area contributed by atoms with E-state index in [1.165, 1.54) is 0 Å². The molecule has 0 fully saturated rings. The SMILES string of the molecule is CCNCC(C)COc1cccc2c1C[C@@](NC(=O)OC(C)(C)C)(C(=O)O)CC2. The van der Waals surface area contributed by atoms with Gasteiger partial charge in [0, 0.05) is 24.4 Å². The average molecular weight is 407 g/mol. The Labute approximate surface area is 173 Å². The van der Waals surface area contributed by atoms with Crippen LogP contribution in [0.3, 0.4) is 0 Å². The normalized spacial score (nSPS) is 19.8. The smallest absolute Gasteiger partial charge is 0.408 e. The van der Waals surface area contributed by atoms with E-state index >= 15 is 0 Å². The monoisotopic (exact) mass is 406 g/mol. The lowest BCUT2D eigenvalue weighted by Crippen LogP contribution is -2.58. The number of hydrogen-bond donors (Lipinski definition) is 3. The van der Waals surface area contributed by atoms with Crippen LogP contribution in [-0.4, -0.2) is 48.0 Å². The molecule has 0 aliphatic heterocycles. The molecule has 0 aromatic heterocycles. The Morgan fingerprint density at radius 2 is 2.03 bits per heavy atom. The summed E-state index contributed by atoms with van der Waals surface area (Å²) in [7, 11) is 0. The van der Waals surface area contributed by atoms with E-state index in [4.69, 9.17) is 9.47 Å². The molecule has 162 valence electrons. The third-order valence-corrected chi connectivity index (χ3v) is 4.95. The lowest BCUT2D eigenvalue weighted by atomic mass is 9.77. The number of carbonyl (C=O) groups is 2. The summed E-state index contributed by atoms with van der Waals surface area (Å²) in [5.41, 5.74) is -0.213. The fourth-order valence-corrected chi connectivity index (χ4v) is 3.44. The number of fused-ring (bicyclic) bond motifs is 1. The van der Waals surface area contributed by atoms with Gasteiger partial charge in [-0.25, -0.2) is 9.59 Å². The molecule has 0 saturated carbocycles. The second kappa shape index (κ2) is 9.48. The van der Waals surface area contributed by atoms with Gasteiger partial charge >= 0.3 is 12.1 Å². The molecule has 0 bridgehead atoms. The standard InChI is InChI=1S/C22H34N2O5/c1-6-23-13-15(2)14-28-18-9-7-8-16-10-11-22(19(25)26,12-17(16)18)24-20(27)29-21(3,4)5/h7-9,15,23H,6,10-14H2,1-5H3,(H,24,27)(H,25,26)/t15?,22-/m1/s1. The highest BCUT2D eigenvalue weighted by atomic mass is 16.6. The molecule has 0 heterocycles. The largest absolute Gasteiger partial charge is 0.493 e. The Morgan fingerprint density at radius 1 is 1.31 bits per heavy atom. The van der Waals surface area contributed by atoms with Crippen molar-refractivity contribution < 1.29 is 24.2 Å². The van der Waals surface area contributed by atoms with E-state index in [0.717, 1.165) is 24.2 Å². The molecule has 0 spiro atoms. The maximum Gasteiger partial charge on any atom is 0.408 e. The highest BCUT2D eigenvalue weighted by Crippen LogP contribution is 2.35. The number of ether oxygens (including phenoxy) is 2. The summed E-state index contributed by atoms with van der Waals surface area (Å²) >= 11 is 0. The molecule has 0 radical (unpaired) electrons. The van der Waals surface area contributed by atoms with Gasteiger partial charge in [0.05, 0.1) is 6.61 Å². The van der Waals surface area contributed by atoms with E-state index in [9.17, 15) is 14.7 Å². The predicted molar refractivity (Wildman–Crippen MR) is 111 cm³/mol. The van der Waals surface area contributed by atoms with Crippen LogP contribution in [0, 0.1) is 5.92 Å². The van der Waals surface area contributed by atoms with Crippen LogP contribution in [0.5, 0.6) is 5.75 Å². The average Bonchev–Trinajstić information content (AvgIpc) is 2.62. The fourth-order valence-electron chi connectivity index (χ4n) is 3.44. The number of carboxylic acids is 1. The Bertz CT molecular complexity index is 728. The molecule has 0 saturated heterocycles. The van der Waals surface area contributed by atoms with Gasteiger partial charge in [0.2, 0.25) is 0 Å². The van der Waals surface area contributed by atoms with Crippen LogP contribution in [0.4, 0.5) is 4.79 Å². The summed E-state index contributed by atoms with van der Waals surface area (Å²) in [4.78, 5) is 24.5. The molecular formula is C22H34N2O5. The van der Waals surface area contributed by atoms with Crippen LogP contribution in [0.1, 0.15) is 52.2 Å². The van der Waals surface area contributed by atoms with Crippen molar-refractivity contribution in [3.05, 3.63) is 29.3 Å². The molecule has 1 aromatic rings. The first-order chi connectivity index (χ1) is 13.6. The molecule has 2 atom stereocenters. The number of amides is 1. The van der Waals surface area contributed by atoms with Crippen molar-refractivity contribution in [3.63, 3.8) is 0 Å². The minimum absolute atomic E-state index is 0.161. The number of rotatable bonds is 8. The second-order valence-electron chi connectivity index (χ2n) is 8.81. The molecule has 7 heteroatoms. The summed E-state index contributed by atoms with van der Waals surface area (Å²) in [6, 6.07) is 5.78. The molecular weight excluding hydrogens is 372 g/mol. The van der Waals surface area contributed by atoms with Gasteiger partial charge in [-0.05, 0) is 51.8 Å². The number of alkyl carbamates (subject to hydrolysis) is 1. The summed E-state index contributed by atoms with van der Waals surface area (Å²) in [5.74, 6) is -0.0648. The van der Waals surface area contributed by atoms with Crippen LogP contribution in [0.15, 0.2) is 18.2 Å². The first kappa shape index (κ1) is 23.0. The van der Waals surface area contributed by atoms with Crippen molar-refractivity contribution >= 4 is 12.1 Å². The summed E-state index contributed by atoms with van der Waals surface area (Å²) in [6.45, 7) is 11.7. The van der Waals surface area contributed by atoms with E-state index in [1.807, 2.05) is 18.2 Å². The van der Waals surface area contributed by atoms with Crippen LogP contribution in [0.25, 0.3) is 0 Å². The maximum atomic E-state index is 12.3. The molecule has 1 aliphatic carbocycles. The lowest BCUT2D eigenvalue weighted by Gasteiger charge is -2.36. The van der Waals surface area contributed by atoms with Gasteiger partial charge in [-0.3, -0.25) is 0 Å². The van der Waals surface area contributed by atoms with Crippen molar-refractivity contribution in [2.45, 2.75) is 65.0 Å². The van der Waals surface area contributed by atoms with E-state index in [2.05, 4.69) is 24.5 Å². The van der Waals surface area contributed by atoms with Crippen molar-refractivity contribution in [2.24, 2.45) is 5.92 Å². The quantitative estimate of drug-likeness (QED) is 0.614. The van der Waals surface area contributed by atoms with E-state index < -0.39 is 23.2 Å². The van der Waals surface area contributed by atoms with Gasteiger partial charge in [-0.1, -0.05) is 26.0 Å². The summed E-state index contributed by atoms with van der Waals surface area (Å²) in [6.07, 6.45) is 0.284. The third kappa shape index (κ3) is 6.35. The van der Waals surface area contributed by atoms with Crippen molar-refractivity contribution in [1.82, 2.24) is 10.6 Å². The van der Waals surface area contributed by atoms with E-state index in [0.29, 0.717) is 31.1 Å². The van der Waals surface area contributed by atoms with Gasteiger partial charge in [0.25, 0.3) is 0 Å². The van der Waals surface area contributed by atoms with Crippen molar-refractivity contribution in [3.8, 4) is 5.75 Å². The first-order valence-electron chi connectivity index (χ1n) is 10.2. The van der Waals surface area contributed by atoms with Crippen LogP contribution in [0.2, 0.25) is 0 Å². The number of nitrogens with one attached hydrogen (secondary N) is 2. The molecule has 1 amide bonds. The molecule has 29 heavy (non-hydrogen) atoms. The van der Waals surface area contributed by atoms with Crippen LogP contribution < -0.4 is 15.4 Å². The maximum absolute atomic E-state index is 12.3. The van der Waals surface area contributed by atoms with Gasteiger partial charge in [0.15, 0.2) is 0 Å². The number of aliphatic carboxylic acids is 1. The van der Waals surface area contributed by atoms with E-state index in [1.54, 1.807) is 20.8 Å². The minimum Gasteiger partial charge on any atom is -0.493 e. The summed E-state index contributed by atoms with van der Waals surface area (Å²) in [5, 5.41) is 15.9. The van der Waals surface area contributed by atoms with E-state index in [-0.39, 0.29) is 6.42 Å². The zero-order chi connectivity index (χ0) is 21.7. The fraction of sp³-hybridized carbons (Fsp3) is 0.636. The van der Waals surface area contributed by atoms with Gasteiger partial charge in [-0.2, -0.15) is 0 Å². The van der Waals surface area contributed by atoms with Crippen molar-refractivity contribution in [2.75, 3.05) is 19.7 Å². The van der Waals surface area contributed by atoms with Gasteiger partial charge < -0.3 is 25.2 Å². The molecule has 1 aromatic carbocycles. The van der Waals surface area contributed by atoms with Gasteiger partial charge in [-0.15, -0.1) is 0 Å². The second-order valence-corrected chi connectivity index (χ2v) is 8.81. The number of carboxylic acid groups (broad SMARTS) is 1. The topological polar surface area (TPSA) is 96.9 Å². The van der Waals surface area contributed by atoms with Gasteiger partial charge in [0.1, 0.15) is 16.9 Å². The van der Waals surface area contributed by atoms with Crippen LogP contribution in [-0.2, 0) is 22.4 Å². The highest BCUT2D eigenvalue weighted by Gasteiger charge is 2.44. The highest BCUT2D eigenvalue weighted by molar-refractivity contribution is 5.85. The minimum atomic E-state index is -1.41. The van der Waals surface area contributed by atoms with Crippen LogP contribution >= 0.6 is 0 Å². The Balaban J connectivity index is 2.19.